The summed E-state index contributed by atoms with van der Waals surface area (Å²) >= 11 is 0. The minimum absolute atomic E-state index is 0.105. The second-order valence-electron chi connectivity index (χ2n) is 8.28. The summed E-state index contributed by atoms with van der Waals surface area (Å²) in [5.41, 5.74) is 5.24. The zero-order chi connectivity index (χ0) is 24.1. The van der Waals surface area contributed by atoms with Crippen molar-refractivity contribution in [3.05, 3.63) is 95.6 Å². The monoisotopic (exact) mass is 458 g/mol. The van der Waals surface area contributed by atoms with Crippen LogP contribution >= 0.6 is 0 Å². The van der Waals surface area contributed by atoms with Crippen molar-refractivity contribution < 1.29 is 24.2 Å². The first-order valence-corrected chi connectivity index (χ1v) is 11.1. The number of nitrogens with one attached hydrogen (secondary N) is 2. The first kappa shape index (κ1) is 23.0. The largest absolute Gasteiger partial charge is 0.480 e. The van der Waals surface area contributed by atoms with Gasteiger partial charge in [0, 0.05) is 12.3 Å². The lowest BCUT2D eigenvalue weighted by atomic mass is 9.98. The molecule has 0 radical (unpaired) electrons. The number of benzene rings is 3. The van der Waals surface area contributed by atoms with Crippen molar-refractivity contribution in [2.24, 2.45) is 0 Å². The van der Waals surface area contributed by atoms with E-state index in [1.165, 1.54) is 6.92 Å². The van der Waals surface area contributed by atoms with Crippen molar-refractivity contribution in [2.75, 3.05) is 6.61 Å². The summed E-state index contributed by atoms with van der Waals surface area (Å²) in [5.74, 6) is -1.85. The molecule has 0 spiro atoms. The summed E-state index contributed by atoms with van der Waals surface area (Å²) in [6.07, 6.45) is -0.538. The lowest BCUT2D eigenvalue weighted by Crippen LogP contribution is -2.51. The second kappa shape index (κ2) is 10.2. The van der Waals surface area contributed by atoms with Gasteiger partial charge in [0.25, 0.3) is 0 Å². The normalized spacial score (nSPS) is 13.8. The number of carboxylic acid groups (broad SMARTS) is 1. The van der Waals surface area contributed by atoms with E-state index in [0.717, 1.165) is 27.8 Å². The first-order valence-electron chi connectivity index (χ1n) is 11.1. The Labute approximate surface area is 197 Å². The average molecular weight is 459 g/mol. The van der Waals surface area contributed by atoms with Gasteiger partial charge in [0.2, 0.25) is 5.91 Å². The highest BCUT2D eigenvalue weighted by Gasteiger charge is 2.30. The molecule has 4 rings (SSSR count). The van der Waals surface area contributed by atoms with Gasteiger partial charge in [-0.3, -0.25) is 9.59 Å². The highest BCUT2D eigenvalue weighted by molar-refractivity contribution is 5.89. The van der Waals surface area contributed by atoms with E-state index < -0.39 is 30.1 Å². The van der Waals surface area contributed by atoms with Crippen LogP contribution in [0.4, 0.5) is 4.79 Å². The standard InChI is InChI=1S/C27H26N2O5/c1-17(26(31)32)28-25(30)24(15-18-9-3-2-4-10-18)29-27(33)34-16-23-21-13-7-5-11-19(21)20-12-6-8-14-22(20)23/h2-14,17,23-24H,15-16H2,1H3,(H,28,30)(H,29,33)(H,31,32)/t17-,24+/m1/s1. The molecule has 3 aromatic rings. The third-order valence-corrected chi connectivity index (χ3v) is 5.96. The first-order chi connectivity index (χ1) is 16.4. The maximum atomic E-state index is 12.7. The lowest BCUT2D eigenvalue weighted by molar-refractivity contribution is -0.141. The molecule has 0 aliphatic heterocycles. The van der Waals surface area contributed by atoms with E-state index in [-0.39, 0.29) is 18.9 Å². The van der Waals surface area contributed by atoms with Crippen molar-refractivity contribution in [1.82, 2.24) is 10.6 Å². The molecule has 174 valence electrons. The molecule has 0 aromatic heterocycles. The minimum atomic E-state index is -1.16. The molecule has 1 aliphatic rings. The van der Waals surface area contributed by atoms with Gasteiger partial charge in [0.05, 0.1) is 0 Å². The van der Waals surface area contributed by atoms with Gasteiger partial charge in [-0.2, -0.15) is 0 Å². The third-order valence-electron chi connectivity index (χ3n) is 5.96. The van der Waals surface area contributed by atoms with E-state index in [2.05, 4.69) is 22.8 Å². The topological polar surface area (TPSA) is 105 Å². The molecule has 1 aliphatic carbocycles. The summed E-state index contributed by atoms with van der Waals surface area (Å²) < 4.78 is 5.56. The third kappa shape index (κ3) is 5.09. The predicted molar refractivity (Wildman–Crippen MR) is 127 cm³/mol. The Morgan fingerprint density at radius 2 is 1.41 bits per heavy atom. The number of fused-ring (bicyclic) bond motifs is 3. The van der Waals surface area contributed by atoms with Gasteiger partial charge in [-0.15, -0.1) is 0 Å². The molecule has 7 heteroatoms. The molecular weight excluding hydrogens is 432 g/mol. The van der Waals surface area contributed by atoms with Crippen LogP contribution in [0.2, 0.25) is 0 Å². The van der Waals surface area contributed by atoms with Crippen molar-refractivity contribution in [3.63, 3.8) is 0 Å². The number of amides is 2. The molecule has 2 amide bonds. The smallest absolute Gasteiger partial charge is 0.407 e. The van der Waals surface area contributed by atoms with E-state index in [9.17, 15) is 14.4 Å². The molecular formula is C27H26N2O5. The van der Waals surface area contributed by atoms with E-state index in [1.807, 2.05) is 66.7 Å². The summed E-state index contributed by atoms with van der Waals surface area (Å²) in [7, 11) is 0. The number of carbonyl (C=O) groups excluding carboxylic acids is 2. The molecule has 0 saturated carbocycles. The highest BCUT2D eigenvalue weighted by atomic mass is 16.5. The van der Waals surface area contributed by atoms with Gasteiger partial charge >= 0.3 is 12.1 Å². The number of carboxylic acids is 1. The fraction of sp³-hybridized carbons (Fsp3) is 0.222. The summed E-state index contributed by atoms with van der Waals surface area (Å²) in [5, 5.41) is 14.2. The predicted octanol–water partition coefficient (Wildman–Crippen LogP) is 3.73. The quantitative estimate of drug-likeness (QED) is 0.477. The van der Waals surface area contributed by atoms with Crippen LogP contribution in [-0.2, 0) is 20.7 Å². The average Bonchev–Trinajstić information content (AvgIpc) is 3.16. The van der Waals surface area contributed by atoms with Crippen LogP contribution in [-0.4, -0.2) is 41.8 Å². The summed E-state index contributed by atoms with van der Waals surface area (Å²) in [6, 6.07) is 23.2. The van der Waals surface area contributed by atoms with Crippen LogP contribution < -0.4 is 10.6 Å². The number of hydrogen-bond acceptors (Lipinski definition) is 4. The Balaban J connectivity index is 1.45. The molecule has 7 nitrogen and oxygen atoms in total. The fourth-order valence-electron chi connectivity index (χ4n) is 4.22. The van der Waals surface area contributed by atoms with Gasteiger partial charge in [0.1, 0.15) is 18.7 Å². The Bertz CT molecular complexity index is 1150. The number of aliphatic carboxylic acids is 1. The van der Waals surface area contributed by atoms with E-state index >= 15 is 0 Å². The van der Waals surface area contributed by atoms with E-state index in [4.69, 9.17) is 9.84 Å². The maximum Gasteiger partial charge on any atom is 0.407 e. The Morgan fingerprint density at radius 1 is 0.853 bits per heavy atom. The Hall–Kier alpha value is -4.13. The Morgan fingerprint density at radius 3 is 2.00 bits per heavy atom. The highest BCUT2D eigenvalue weighted by Crippen LogP contribution is 2.44. The zero-order valence-corrected chi connectivity index (χ0v) is 18.7. The van der Waals surface area contributed by atoms with Gasteiger partial charge in [-0.25, -0.2) is 4.79 Å². The minimum Gasteiger partial charge on any atom is -0.480 e. The molecule has 0 heterocycles. The molecule has 0 saturated heterocycles. The molecule has 3 N–H and O–H groups in total. The van der Waals surface area contributed by atoms with Gasteiger partial charge in [0.15, 0.2) is 0 Å². The van der Waals surface area contributed by atoms with Gasteiger partial charge in [-0.1, -0.05) is 78.9 Å². The summed E-state index contributed by atoms with van der Waals surface area (Å²) in [6.45, 7) is 1.48. The second-order valence-corrected chi connectivity index (χ2v) is 8.28. The fourth-order valence-corrected chi connectivity index (χ4v) is 4.22. The molecule has 0 bridgehead atoms. The van der Waals surface area contributed by atoms with Crippen molar-refractivity contribution >= 4 is 18.0 Å². The summed E-state index contributed by atoms with van der Waals surface area (Å²) in [4.78, 5) is 36.6. The number of alkyl carbamates (subject to hydrolysis) is 1. The molecule has 34 heavy (non-hydrogen) atoms. The van der Waals surface area contributed by atoms with Crippen molar-refractivity contribution in [3.8, 4) is 11.1 Å². The van der Waals surface area contributed by atoms with Crippen LogP contribution in [0, 0.1) is 0 Å². The zero-order valence-electron chi connectivity index (χ0n) is 18.7. The van der Waals surface area contributed by atoms with Crippen LogP contribution in [0.3, 0.4) is 0 Å². The van der Waals surface area contributed by atoms with Gasteiger partial charge < -0.3 is 20.5 Å². The maximum absolute atomic E-state index is 12.7. The van der Waals surface area contributed by atoms with E-state index in [1.54, 1.807) is 0 Å². The number of rotatable bonds is 8. The van der Waals surface area contributed by atoms with Crippen LogP contribution in [0.25, 0.3) is 11.1 Å². The number of carbonyl (C=O) groups is 3. The number of ether oxygens (including phenoxy) is 1. The van der Waals surface area contributed by atoms with Crippen molar-refractivity contribution in [1.29, 1.82) is 0 Å². The SMILES string of the molecule is C[C@@H](NC(=O)[C@H](Cc1ccccc1)NC(=O)OCC1c2ccccc2-c2ccccc21)C(=O)O. The van der Waals surface area contributed by atoms with Gasteiger partial charge in [-0.05, 0) is 34.7 Å². The lowest BCUT2D eigenvalue weighted by Gasteiger charge is -2.21. The Kier molecular flexibility index (Phi) is 6.92. The van der Waals surface area contributed by atoms with Crippen LogP contribution in [0.1, 0.15) is 29.5 Å². The van der Waals surface area contributed by atoms with Crippen molar-refractivity contribution in [2.45, 2.75) is 31.3 Å². The molecule has 3 aromatic carbocycles. The van der Waals surface area contributed by atoms with Crippen LogP contribution in [0.15, 0.2) is 78.9 Å². The molecule has 0 fully saturated rings. The number of hydrogen-bond donors (Lipinski definition) is 3. The van der Waals surface area contributed by atoms with E-state index in [0.29, 0.717) is 0 Å². The molecule has 0 unspecified atom stereocenters. The van der Waals surface area contributed by atoms with Crippen LogP contribution in [0.5, 0.6) is 0 Å². The molecule has 2 atom stereocenters.